The van der Waals surface area contributed by atoms with E-state index in [1.807, 2.05) is 0 Å². The number of carbonyl (C=O) groups excluding carboxylic acids is 1. The molecule has 122 valence electrons. The lowest BCUT2D eigenvalue weighted by Gasteiger charge is -2.13. The molecule has 1 fully saturated rings. The van der Waals surface area contributed by atoms with E-state index in [1.165, 1.54) is 25.0 Å². The number of halogens is 2. The third kappa shape index (κ3) is 6.17. The summed E-state index contributed by atoms with van der Waals surface area (Å²) in [6.45, 7) is 1.22. The first kappa shape index (κ1) is 17.0. The van der Waals surface area contributed by atoms with Crippen LogP contribution in [0.2, 0.25) is 5.02 Å². The number of carbonyl (C=O) groups is 1. The minimum absolute atomic E-state index is 0.0166. The molecule has 1 aliphatic rings. The highest BCUT2D eigenvalue weighted by Gasteiger charge is 2.21. The van der Waals surface area contributed by atoms with Crippen molar-refractivity contribution in [1.29, 1.82) is 0 Å². The van der Waals surface area contributed by atoms with Crippen LogP contribution in [-0.4, -0.2) is 37.0 Å². The van der Waals surface area contributed by atoms with E-state index in [1.54, 1.807) is 6.07 Å². The molecule has 22 heavy (non-hydrogen) atoms. The maximum absolute atomic E-state index is 13.0. The van der Waals surface area contributed by atoms with Crippen LogP contribution in [0.5, 0.6) is 0 Å². The van der Waals surface area contributed by atoms with E-state index >= 15 is 0 Å². The average molecular weight is 331 g/mol. The van der Waals surface area contributed by atoms with Crippen molar-refractivity contribution in [3.05, 3.63) is 34.6 Å². The van der Waals surface area contributed by atoms with Gasteiger partial charge < -0.3 is 20.5 Å². The number of rotatable bonds is 8. The first-order chi connectivity index (χ1) is 10.5. The van der Waals surface area contributed by atoms with Gasteiger partial charge in [-0.05, 0) is 36.5 Å². The second-order valence-corrected chi connectivity index (χ2v) is 5.85. The van der Waals surface area contributed by atoms with Crippen molar-refractivity contribution in [3.63, 3.8) is 0 Å². The fourth-order valence-electron chi connectivity index (χ4n) is 1.82. The van der Waals surface area contributed by atoms with Crippen LogP contribution < -0.4 is 10.6 Å². The number of urea groups is 1. The van der Waals surface area contributed by atoms with Gasteiger partial charge >= 0.3 is 6.03 Å². The molecule has 1 aromatic carbocycles. The van der Waals surface area contributed by atoms with Gasteiger partial charge in [0.25, 0.3) is 0 Å². The van der Waals surface area contributed by atoms with Gasteiger partial charge in [0, 0.05) is 19.7 Å². The average Bonchev–Trinajstić information content (AvgIpc) is 3.30. The number of aliphatic hydroxyl groups excluding tert-OH is 1. The SMILES string of the molecule is O=C(NCc1ccc(F)c(Cl)c1)NCC(O)COCC1CC1. The topological polar surface area (TPSA) is 70.6 Å². The van der Waals surface area contributed by atoms with E-state index in [0.717, 1.165) is 0 Å². The molecule has 2 rings (SSSR count). The van der Waals surface area contributed by atoms with Crippen molar-refractivity contribution >= 4 is 17.6 Å². The van der Waals surface area contributed by atoms with Gasteiger partial charge in [-0.2, -0.15) is 0 Å². The Morgan fingerprint density at radius 1 is 1.45 bits per heavy atom. The van der Waals surface area contributed by atoms with Crippen LogP contribution in [0, 0.1) is 11.7 Å². The Morgan fingerprint density at radius 2 is 2.23 bits per heavy atom. The number of amides is 2. The molecule has 0 radical (unpaired) electrons. The molecule has 0 aromatic heterocycles. The van der Waals surface area contributed by atoms with Gasteiger partial charge in [0.1, 0.15) is 5.82 Å². The smallest absolute Gasteiger partial charge is 0.315 e. The van der Waals surface area contributed by atoms with Gasteiger partial charge in [-0.3, -0.25) is 0 Å². The summed E-state index contributed by atoms with van der Waals surface area (Å²) in [5, 5.41) is 14.8. The molecule has 1 unspecified atom stereocenters. The summed E-state index contributed by atoms with van der Waals surface area (Å²) in [5.41, 5.74) is 0.690. The Bertz CT molecular complexity index is 512. The number of aliphatic hydroxyl groups is 1. The van der Waals surface area contributed by atoms with Crippen molar-refractivity contribution in [1.82, 2.24) is 10.6 Å². The Labute approximate surface area is 133 Å². The molecule has 0 heterocycles. The molecule has 0 bridgehead atoms. The predicted molar refractivity (Wildman–Crippen MR) is 81.2 cm³/mol. The van der Waals surface area contributed by atoms with E-state index in [-0.39, 0.29) is 24.7 Å². The van der Waals surface area contributed by atoms with E-state index in [2.05, 4.69) is 10.6 Å². The van der Waals surface area contributed by atoms with Crippen molar-refractivity contribution in [2.45, 2.75) is 25.5 Å². The molecular formula is C15H20ClFN2O3. The highest BCUT2D eigenvalue weighted by atomic mass is 35.5. The molecule has 3 N–H and O–H groups in total. The Morgan fingerprint density at radius 3 is 2.91 bits per heavy atom. The van der Waals surface area contributed by atoms with Gasteiger partial charge in [0.15, 0.2) is 0 Å². The van der Waals surface area contributed by atoms with Crippen molar-refractivity contribution in [2.24, 2.45) is 5.92 Å². The molecule has 0 aliphatic heterocycles. The number of hydrogen-bond acceptors (Lipinski definition) is 3. The van der Waals surface area contributed by atoms with Crippen LogP contribution >= 0.6 is 11.6 Å². The van der Waals surface area contributed by atoms with Gasteiger partial charge in [0.2, 0.25) is 0 Å². The number of nitrogens with one attached hydrogen (secondary N) is 2. The van der Waals surface area contributed by atoms with Crippen LogP contribution in [0.1, 0.15) is 18.4 Å². The summed E-state index contributed by atoms with van der Waals surface area (Å²) < 4.78 is 18.3. The molecule has 1 saturated carbocycles. The van der Waals surface area contributed by atoms with E-state index in [4.69, 9.17) is 16.3 Å². The monoisotopic (exact) mass is 330 g/mol. The lowest BCUT2D eigenvalue weighted by molar-refractivity contribution is 0.0337. The van der Waals surface area contributed by atoms with Gasteiger partial charge in [-0.1, -0.05) is 17.7 Å². The second kappa shape index (κ2) is 8.31. The maximum Gasteiger partial charge on any atom is 0.315 e. The van der Waals surface area contributed by atoms with Crippen LogP contribution in [-0.2, 0) is 11.3 Å². The first-order valence-electron chi connectivity index (χ1n) is 7.26. The quantitative estimate of drug-likeness (QED) is 0.683. The fourth-order valence-corrected chi connectivity index (χ4v) is 2.02. The van der Waals surface area contributed by atoms with Crippen LogP contribution in [0.3, 0.4) is 0 Å². The standard InChI is InChI=1S/C15H20ClFN2O3/c16-13-5-11(3-4-14(13)17)6-18-15(21)19-7-12(20)9-22-8-10-1-2-10/h3-5,10,12,20H,1-2,6-9H2,(H2,18,19,21). The second-order valence-electron chi connectivity index (χ2n) is 5.45. The summed E-state index contributed by atoms with van der Waals surface area (Å²) in [7, 11) is 0. The third-order valence-corrected chi connectivity index (χ3v) is 3.59. The lowest BCUT2D eigenvalue weighted by atomic mass is 10.2. The Hall–Kier alpha value is -1.37. The number of hydrogen-bond donors (Lipinski definition) is 3. The highest BCUT2D eigenvalue weighted by molar-refractivity contribution is 6.30. The molecule has 5 nitrogen and oxygen atoms in total. The van der Waals surface area contributed by atoms with Crippen molar-refractivity contribution in [2.75, 3.05) is 19.8 Å². The van der Waals surface area contributed by atoms with E-state index in [9.17, 15) is 14.3 Å². The van der Waals surface area contributed by atoms with Gasteiger partial charge in [-0.15, -0.1) is 0 Å². The molecule has 1 aromatic rings. The molecule has 7 heteroatoms. The minimum atomic E-state index is -0.732. The number of ether oxygens (including phenoxy) is 1. The van der Waals surface area contributed by atoms with E-state index in [0.29, 0.717) is 18.1 Å². The predicted octanol–water partition coefficient (Wildman–Crippen LogP) is 2.07. The zero-order valence-corrected chi connectivity index (χ0v) is 12.9. The molecule has 1 atom stereocenters. The normalized spacial score (nSPS) is 15.4. The summed E-state index contributed by atoms with van der Waals surface area (Å²) in [4.78, 5) is 11.6. The zero-order chi connectivity index (χ0) is 15.9. The molecule has 0 spiro atoms. The minimum Gasteiger partial charge on any atom is -0.389 e. The number of benzene rings is 1. The summed E-state index contributed by atoms with van der Waals surface area (Å²) in [5.74, 6) is 0.148. The Kier molecular flexibility index (Phi) is 6.42. The van der Waals surface area contributed by atoms with Crippen LogP contribution in [0.25, 0.3) is 0 Å². The Balaban J connectivity index is 1.59. The molecular weight excluding hydrogens is 311 g/mol. The van der Waals surface area contributed by atoms with Crippen LogP contribution in [0.4, 0.5) is 9.18 Å². The van der Waals surface area contributed by atoms with Gasteiger partial charge in [0.05, 0.1) is 17.7 Å². The largest absolute Gasteiger partial charge is 0.389 e. The highest BCUT2D eigenvalue weighted by Crippen LogP contribution is 2.28. The third-order valence-electron chi connectivity index (χ3n) is 3.30. The summed E-state index contributed by atoms with van der Waals surface area (Å²) in [6.07, 6.45) is 1.67. The summed E-state index contributed by atoms with van der Waals surface area (Å²) in [6, 6.07) is 3.83. The zero-order valence-electron chi connectivity index (χ0n) is 12.1. The van der Waals surface area contributed by atoms with E-state index < -0.39 is 18.0 Å². The van der Waals surface area contributed by atoms with Crippen LogP contribution in [0.15, 0.2) is 18.2 Å². The summed E-state index contributed by atoms with van der Waals surface area (Å²) >= 11 is 5.66. The maximum atomic E-state index is 13.0. The fraction of sp³-hybridized carbons (Fsp3) is 0.533. The first-order valence-corrected chi connectivity index (χ1v) is 7.64. The van der Waals surface area contributed by atoms with Gasteiger partial charge in [-0.25, -0.2) is 9.18 Å². The molecule has 1 aliphatic carbocycles. The molecule has 0 saturated heterocycles. The molecule has 2 amide bonds. The lowest BCUT2D eigenvalue weighted by Crippen LogP contribution is -2.40. The van der Waals surface area contributed by atoms with Crippen molar-refractivity contribution < 1.29 is 19.0 Å². The van der Waals surface area contributed by atoms with Crippen molar-refractivity contribution in [3.8, 4) is 0 Å².